The normalized spacial score (nSPS) is 12.1. The Morgan fingerprint density at radius 2 is 2.14 bits per heavy atom. The topological polar surface area (TPSA) is 61.3 Å². The van der Waals surface area contributed by atoms with Gasteiger partial charge in [0.05, 0.1) is 0 Å². The molecule has 0 aliphatic heterocycles. The van der Waals surface area contributed by atoms with Gasteiger partial charge in [-0.2, -0.15) is 0 Å². The molecular weight excluding hydrogens is 176 g/mol. The molecule has 0 aromatic heterocycles. The Hall–Kier alpha value is -1.32. The molecule has 0 aliphatic carbocycles. The van der Waals surface area contributed by atoms with Crippen molar-refractivity contribution in [1.29, 1.82) is 0 Å². The molecule has 0 unspecified atom stereocenters. The van der Waals surface area contributed by atoms with E-state index in [-0.39, 0.29) is 6.04 Å². The molecule has 1 aromatic rings. The number of nitrogens with two attached hydrogens (primary N) is 2. The predicted octanol–water partition coefficient (Wildman–Crippen LogP) is 1.21. The van der Waals surface area contributed by atoms with Crippen molar-refractivity contribution in [2.24, 2.45) is 11.5 Å². The van der Waals surface area contributed by atoms with E-state index < -0.39 is 0 Å². The predicted molar refractivity (Wildman–Crippen MR) is 58.1 cm³/mol. The lowest BCUT2D eigenvalue weighted by Gasteiger charge is -2.14. The minimum Gasteiger partial charge on any atom is -0.489 e. The van der Waals surface area contributed by atoms with Crippen LogP contribution in [0.15, 0.2) is 36.9 Å². The summed E-state index contributed by atoms with van der Waals surface area (Å²) in [6, 6.07) is 7.47. The van der Waals surface area contributed by atoms with Crippen LogP contribution in [0.3, 0.4) is 0 Å². The fraction of sp³-hybridized carbons (Fsp3) is 0.273. The second-order valence-electron chi connectivity index (χ2n) is 2.98. The van der Waals surface area contributed by atoms with Gasteiger partial charge in [-0.15, -0.1) is 0 Å². The summed E-state index contributed by atoms with van der Waals surface area (Å²) in [5.74, 6) is 0.783. The third-order valence-corrected chi connectivity index (χ3v) is 1.93. The Balaban J connectivity index is 2.84. The number of hydrogen-bond acceptors (Lipinski definition) is 3. The van der Waals surface area contributed by atoms with Crippen LogP contribution in [0.4, 0.5) is 0 Å². The van der Waals surface area contributed by atoms with Crippen LogP contribution in [0.5, 0.6) is 5.75 Å². The molecule has 0 fully saturated rings. The van der Waals surface area contributed by atoms with E-state index in [1.807, 2.05) is 24.3 Å². The van der Waals surface area contributed by atoms with Crippen LogP contribution in [-0.2, 0) is 0 Å². The van der Waals surface area contributed by atoms with Crippen molar-refractivity contribution in [3.63, 3.8) is 0 Å². The van der Waals surface area contributed by atoms with E-state index in [1.54, 1.807) is 6.08 Å². The molecule has 4 N–H and O–H groups in total. The van der Waals surface area contributed by atoms with Crippen LogP contribution in [0.25, 0.3) is 0 Å². The lowest BCUT2D eigenvalue weighted by molar-refractivity contribution is 0.356. The second-order valence-corrected chi connectivity index (χ2v) is 2.98. The van der Waals surface area contributed by atoms with Crippen molar-refractivity contribution in [3.8, 4) is 5.75 Å². The van der Waals surface area contributed by atoms with E-state index in [4.69, 9.17) is 16.2 Å². The average Bonchev–Trinajstić information content (AvgIpc) is 2.25. The SMILES string of the molecule is C=CCOc1ccccc1[C@H](N)CN. The molecule has 3 nitrogen and oxygen atoms in total. The first-order valence-corrected chi connectivity index (χ1v) is 4.58. The maximum absolute atomic E-state index is 5.84. The summed E-state index contributed by atoms with van der Waals surface area (Å²) in [7, 11) is 0. The van der Waals surface area contributed by atoms with Gasteiger partial charge >= 0.3 is 0 Å². The van der Waals surface area contributed by atoms with Crippen LogP contribution in [0.2, 0.25) is 0 Å². The van der Waals surface area contributed by atoms with E-state index in [1.165, 1.54) is 0 Å². The first-order chi connectivity index (χ1) is 6.79. The molecule has 14 heavy (non-hydrogen) atoms. The highest BCUT2D eigenvalue weighted by Crippen LogP contribution is 2.22. The summed E-state index contributed by atoms with van der Waals surface area (Å²) in [4.78, 5) is 0. The van der Waals surface area contributed by atoms with Crippen molar-refractivity contribution in [3.05, 3.63) is 42.5 Å². The van der Waals surface area contributed by atoms with E-state index in [9.17, 15) is 0 Å². The van der Waals surface area contributed by atoms with Crippen molar-refractivity contribution in [2.45, 2.75) is 6.04 Å². The third-order valence-electron chi connectivity index (χ3n) is 1.93. The van der Waals surface area contributed by atoms with Crippen LogP contribution in [-0.4, -0.2) is 13.2 Å². The summed E-state index contributed by atoms with van der Waals surface area (Å²) in [5, 5.41) is 0. The first kappa shape index (κ1) is 10.8. The molecular formula is C11H16N2O. The molecule has 3 heteroatoms. The van der Waals surface area contributed by atoms with Crippen LogP contribution < -0.4 is 16.2 Å². The van der Waals surface area contributed by atoms with E-state index in [0.29, 0.717) is 13.2 Å². The summed E-state index contributed by atoms with van der Waals surface area (Å²) < 4.78 is 5.46. The Morgan fingerprint density at radius 3 is 2.79 bits per heavy atom. The Bertz CT molecular complexity index is 299. The van der Waals surface area contributed by atoms with E-state index in [0.717, 1.165) is 11.3 Å². The van der Waals surface area contributed by atoms with Gasteiger partial charge in [-0.05, 0) is 6.07 Å². The molecule has 76 valence electrons. The van der Waals surface area contributed by atoms with Gasteiger partial charge < -0.3 is 16.2 Å². The molecule has 0 saturated heterocycles. The van der Waals surface area contributed by atoms with Gasteiger partial charge in [0.25, 0.3) is 0 Å². The van der Waals surface area contributed by atoms with E-state index >= 15 is 0 Å². The minimum absolute atomic E-state index is 0.170. The molecule has 0 aliphatic rings. The Morgan fingerprint density at radius 1 is 1.43 bits per heavy atom. The first-order valence-electron chi connectivity index (χ1n) is 4.58. The van der Waals surface area contributed by atoms with E-state index in [2.05, 4.69) is 6.58 Å². The number of hydrogen-bond donors (Lipinski definition) is 2. The smallest absolute Gasteiger partial charge is 0.124 e. The van der Waals surface area contributed by atoms with Gasteiger partial charge in [0.15, 0.2) is 0 Å². The molecule has 0 heterocycles. The zero-order valence-electron chi connectivity index (χ0n) is 8.15. The van der Waals surface area contributed by atoms with Gasteiger partial charge in [0, 0.05) is 18.2 Å². The standard InChI is InChI=1S/C11H16N2O/c1-2-7-14-11-6-4-3-5-9(11)10(13)8-12/h2-6,10H,1,7-8,12-13H2/t10-/m1/s1. The fourth-order valence-electron chi connectivity index (χ4n) is 1.19. The Labute approximate surface area is 84.4 Å². The highest BCUT2D eigenvalue weighted by molar-refractivity contribution is 5.36. The number of para-hydroxylation sites is 1. The zero-order chi connectivity index (χ0) is 10.4. The van der Waals surface area contributed by atoms with Crippen LogP contribution in [0, 0.1) is 0 Å². The average molecular weight is 192 g/mol. The van der Waals surface area contributed by atoms with Gasteiger partial charge in [0.1, 0.15) is 12.4 Å². The molecule has 1 atom stereocenters. The lowest BCUT2D eigenvalue weighted by Crippen LogP contribution is -2.21. The molecule has 1 aromatic carbocycles. The fourth-order valence-corrected chi connectivity index (χ4v) is 1.19. The number of ether oxygens (including phenoxy) is 1. The maximum atomic E-state index is 5.84. The lowest BCUT2D eigenvalue weighted by atomic mass is 10.1. The molecule has 0 radical (unpaired) electrons. The quantitative estimate of drug-likeness (QED) is 0.689. The highest BCUT2D eigenvalue weighted by Gasteiger charge is 2.08. The minimum atomic E-state index is -0.170. The zero-order valence-corrected chi connectivity index (χ0v) is 8.15. The summed E-state index contributed by atoms with van der Waals surface area (Å²) >= 11 is 0. The molecule has 0 spiro atoms. The monoisotopic (exact) mass is 192 g/mol. The van der Waals surface area contributed by atoms with Crippen molar-refractivity contribution >= 4 is 0 Å². The molecule has 0 saturated carbocycles. The van der Waals surface area contributed by atoms with Crippen molar-refractivity contribution < 1.29 is 4.74 Å². The third kappa shape index (κ3) is 2.58. The van der Waals surface area contributed by atoms with Gasteiger partial charge in [-0.25, -0.2) is 0 Å². The number of rotatable bonds is 5. The molecule has 0 amide bonds. The Kier molecular flexibility index (Phi) is 4.16. The summed E-state index contributed by atoms with van der Waals surface area (Å²) in [5.41, 5.74) is 12.3. The van der Waals surface area contributed by atoms with Crippen molar-refractivity contribution in [1.82, 2.24) is 0 Å². The molecule has 1 rings (SSSR count). The maximum Gasteiger partial charge on any atom is 0.124 e. The number of benzene rings is 1. The van der Waals surface area contributed by atoms with Crippen LogP contribution in [0.1, 0.15) is 11.6 Å². The van der Waals surface area contributed by atoms with Gasteiger partial charge in [-0.3, -0.25) is 0 Å². The largest absolute Gasteiger partial charge is 0.489 e. The van der Waals surface area contributed by atoms with Crippen molar-refractivity contribution in [2.75, 3.05) is 13.2 Å². The molecule has 0 bridgehead atoms. The second kappa shape index (κ2) is 5.42. The highest BCUT2D eigenvalue weighted by atomic mass is 16.5. The summed E-state index contributed by atoms with van der Waals surface area (Å²) in [6.07, 6.45) is 1.70. The van der Waals surface area contributed by atoms with Crippen LogP contribution >= 0.6 is 0 Å². The van der Waals surface area contributed by atoms with Gasteiger partial charge in [0.2, 0.25) is 0 Å². The van der Waals surface area contributed by atoms with Gasteiger partial charge in [-0.1, -0.05) is 30.9 Å². The summed E-state index contributed by atoms with van der Waals surface area (Å²) in [6.45, 7) is 4.48.